The van der Waals surface area contributed by atoms with Crippen molar-refractivity contribution in [3.63, 3.8) is 0 Å². The number of hydrogen-bond acceptors (Lipinski definition) is 8. The molecule has 0 bridgehead atoms. The molecule has 0 saturated carbocycles. The van der Waals surface area contributed by atoms with Gasteiger partial charge in [0.05, 0.1) is 0 Å². The molecule has 107 valence electrons. The van der Waals surface area contributed by atoms with Gasteiger partial charge in [0.1, 0.15) is 0 Å². The summed E-state index contributed by atoms with van der Waals surface area (Å²) in [6, 6.07) is 0. The van der Waals surface area contributed by atoms with E-state index in [-0.39, 0.29) is 17.1 Å². The maximum Gasteiger partial charge on any atom is 0.0383 e. The zero-order valence-electron chi connectivity index (χ0n) is 9.57. The molecule has 0 saturated heterocycles. The molecule has 9 heteroatoms. The van der Waals surface area contributed by atoms with Crippen LogP contribution in [-0.2, 0) is 36.2 Å². The van der Waals surface area contributed by atoms with Crippen LogP contribution in [0.5, 0.6) is 0 Å². The van der Waals surface area contributed by atoms with Gasteiger partial charge in [0.25, 0.3) is 0 Å². The van der Waals surface area contributed by atoms with E-state index in [0.717, 1.165) is 27.7 Å². The molecule has 0 fully saturated rings. The zero-order valence-corrected chi connectivity index (χ0v) is 10.5. The molecule has 0 aromatic rings. The predicted molar refractivity (Wildman–Crippen MR) is 42.7 cm³/mol. The summed E-state index contributed by atoms with van der Waals surface area (Å²) in [6.07, 6.45) is 0. The van der Waals surface area contributed by atoms with Crippen molar-refractivity contribution >= 4 is 23.9 Å². The summed E-state index contributed by atoms with van der Waals surface area (Å²) in [5.74, 6) is -4.33. The first kappa shape index (κ1) is 29.5. The van der Waals surface area contributed by atoms with Gasteiger partial charge in [0.15, 0.2) is 0 Å². The average Bonchev–Trinajstić information content (AvgIpc) is 1.76. The minimum Gasteiger partial charge on any atom is -0.550 e. The Morgan fingerprint density at radius 3 is 0.529 bits per heavy atom. The Bertz CT molecular complexity index is 162. The molecule has 8 nitrogen and oxygen atoms in total. The Morgan fingerprint density at radius 2 is 0.529 bits per heavy atom. The van der Waals surface area contributed by atoms with Crippen molar-refractivity contribution in [2.75, 3.05) is 0 Å². The fourth-order valence-electron chi connectivity index (χ4n) is 0. The fourth-order valence-corrected chi connectivity index (χ4v) is 0. The molecule has 0 heterocycles. The van der Waals surface area contributed by atoms with E-state index in [4.69, 9.17) is 39.6 Å². The maximum atomic E-state index is 8.89. The molecule has 0 N–H and O–H groups in total. The van der Waals surface area contributed by atoms with Crippen LogP contribution in [0.15, 0.2) is 0 Å². The van der Waals surface area contributed by atoms with Gasteiger partial charge in [0, 0.05) is 40.9 Å². The van der Waals surface area contributed by atoms with Crippen molar-refractivity contribution in [2.45, 2.75) is 27.7 Å². The molecule has 17 heavy (non-hydrogen) atoms. The summed E-state index contributed by atoms with van der Waals surface area (Å²) >= 11 is 0. The molecule has 0 aliphatic rings. The minimum atomic E-state index is -1.08. The number of carboxylic acids is 4. The van der Waals surface area contributed by atoms with Crippen LogP contribution in [-0.4, -0.2) is 23.9 Å². The Balaban J connectivity index is -0.0000000369. The van der Waals surface area contributed by atoms with Gasteiger partial charge >= 0.3 is 0 Å². The molecule has 0 atom stereocenters. The Hall–Kier alpha value is -1.60. The van der Waals surface area contributed by atoms with Gasteiger partial charge in [0.2, 0.25) is 0 Å². The summed E-state index contributed by atoms with van der Waals surface area (Å²) in [4.78, 5) is 35.6. The average molecular weight is 300 g/mol. The Kier molecular flexibility index (Phi) is 41.5. The van der Waals surface area contributed by atoms with Crippen molar-refractivity contribution in [3.05, 3.63) is 0 Å². The number of rotatable bonds is 0. The molecular weight excluding hydrogens is 288 g/mol. The van der Waals surface area contributed by atoms with Crippen molar-refractivity contribution in [3.8, 4) is 0 Å². The minimum absolute atomic E-state index is 0. The van der Waals surface area contributed by atoms with Crippen molar-refractivity contribution in [2.24, 2.45) is 0 Å². The predicted octanol–water partition coefficient (Wildman–Crippen LogP) is -4.98. The summed E-state index contributed by atoms with van der Waals surface area (Å²) < 4.78 is 0. The molecule has 0 rings (SSSR count). The van der Waals surface area contributed by atoms with Gasteiger partial charge < -0.3 is 39.6 Å². The summed E-state index contributed by atoms with van der Waals surface area (Å²) in [6.45, 7) is 3.89. The van der Waals surface area contributed by atoms with E-state index < -0.39 is 23.9 Å². The smallest absolute Gasteiger partial charge is 0.0383 e. The number of carbonyl (C=O) groups is 4. The zero-order chi connectivity index (χ0) is 14.3. The van der Waals surface area contributed by atoms with E-state index in [0.29, 0.717) is 0 Å². The second-order valence-corrected chi connectivity index (χ2v) is 1.97. The van der Waals surface area contributed by atoms with Crippen LogP contribution in [0.4, 0.5) is 0 Å². The van der Waals surface area contributed by atoms with Crippen LogP contribution in [0.2, 0.25) is 0 Å². The Morgan fingerprint density at radius 1 is 0.529 bits per heavy atom. The normalized spacial score (nSPS) is 5.88. The summed E-state index contributed by atoms with van der Waals surface area (Å²) in [7, 11) is 0. The standard InChI is InChI=1S/4C2H4O2.Cu/c4*1-2(3)4;/h4*1H3,(H,3,4);/p-4. The van der Waals surface area contributed by atoms with Gasteiger partial charge in [-0.05, 0) is 27.7 Å². The van der Waals surface area contributed by atoms with Crippen LogP contribution < -0.4 is 20.4 Å². The van der Waals surface area contributed by atoms with Crippen LogP contribution in [0.25, 0.3) is 0 Å². The van der Waals surface area contributed by atoms with E-state index in [1.54, 1.807) is 0 Å². The monoisotopic (exact) mass is 299 g/mol. The number of carbonyl (C=O) groups excluding carboxylic acids is 4. The largest absolute Gasteiger partial charge is 0.550 e. The van der Waals surface area contributed by atoms with Gasteiger partial charge in [-0.2, -0.15) is 0 Å². The van der Waals surface area contributed by atoms with Crippen LogP contribution in [0, 0.1) is 0 Å². The van der Waals surface area contributed by atoms with Crippen LogP contribution in [0.3, 0.4) is 0 Å². The molecule has 0 amide bonds. The van der Waals surface area contributed by atoms with Crippen molar-refractivity contribution in [1.29, 1.82) is 0 Å². The molecular formula is C8H12CuO8-4. The second kappa shape index (κ2) is 23.9. The first-order valence-electron chi connectivity index (χ1n) is 3.63. The quantitative estimate of drug-likeness (QED) is 0.402. The first-order valence-corrected chi connectivity index (χ1v) is 3.63. The molecule has 0 unspecified atom stereocenters. The van der Waals surface area contributed by atoms with Crippen LogP contribution >= 0.6 is 0 Å². The number of carboxylic acid groups (broad SMARTS) is 4. The summed E-state index contributed by atoms with van der Waals surface area (Å²) in [5, 5.41) is 35.6. The first-order chi connectivity index (χ1) is 6.93. The third kappa shape index (κ3) is 864. The second-order valence-electron chi connectivity index (χ2n) is 1.97. The van der Waals surface area contributed by atoms with Crippen molar-refractivity contribution < 1.29 is 56.7 Å². The van der Waals surface area contributed by atoms with Gasteiger partial charge in [-0.1, -0.05) is 0 Å². The van der Waals surface area contributed by atoms with Crippen molar-refractivity contribution in [1.82, 2.24) is 0 Å². The maximum absolute atomic E-state index is 8.89. The third-order valence-corrected chi connectivity index (χ3v) is 0. The number of aliphatic carboxylic acids is 4. The summed E-state index contributed by atoms with van der Waals surface area (Å²) in [5.41, 5.74) is 0. The van der Waals surface area contributed by atoms with E-state index in [9.17, 15) is 0 Å². The number of hydrogen-bond donors (Lipinski definition) is 0. The third-order valence-electron chi connectivity index (χ3n) is 0. The topological polar surface area (TPSA) is 161 Å². The fraction of sp³-hybridized carbons (Fsp3) is 0.500. The molecule has 1 radical (unpaired) electrons. The van der Waals surface area contributed by atoms with E-state index in [2.05, 4.69) is 0 Å². The van der Waals surface area contributed by atoms with E-state index >= 15 is 0 Å². The Labute approximate surface area is 109 Å². The molecule has 0 aliphatic carbocycles. The molecule has 0 aliphatic heterocycles. The van der Waals surface area contributed by atoms with E-state index in [1.807, 2.05) is 0 Å². The molecule has 0 spiro atoms. The van der Waals surface area contributed by atoms with E-state index in [1.165, 1.54) is 0 Å². The SMILES string of the molecule is CC(=O)[O-].CC(=O)[O-].CC(=O)[O-].CC(=O)[O-].[Cu]. The van der Waals surface area contributed by atoms with Gasteiger partial charge in [-0.15, -0.1) is 0 Å². The molecule has 0 aromatic carbocycles. The van der Waals surface area contributed by atoms with Gasteiger partial charge in [-0.25, -0.2) is 0 Å². The van der Waals surface area contributed by atoms with Crippen LogP contribution in [0.1, 0.15) is 27.7 Å². The van der Waals surface area contributed by atoms with Gasteiger partial charge in [-0.3, -0.25) is 0 Å². The molecule has 0 aromatic heterocycles.